The van der Waals surface area contributed by atoms with Gasteiger partial charge in [0.05, 0.1) is 19.1 Å². The van der Waals surface area contributed by atoms with Crippen LogP contribution in [0, 0.1) is 6.92 Å². The van der Waals surface area contributed by atoms with Crippen LogP contribution < -0.4 is 4.74 Å². The molecule has 0 spiro atoms. The van der Waals surface area contributed by atoms with Gasteiger partial charge in [0.25, 0.3) is 0 Å². The van der Waals surface area contributed by atoms with E-state index in [1.807, 2.05) is 49.1 Å². The summed E-state index contributed by atoms with van der Waals surface area (Å²) >= 11 is 0. The van der Waals surface area contributed by atoms with Crippen LogP contribution in [-0.4, -0.2) is 29.1 Å². The topological polar surface area (TPSA) is 55.6 Å². The lowest BCUT2D eigenvalue weighted by Crippen LogP contribution is -2.32. The molecular formula is C18H22N2O3. The molecule has 0 radical (unpaired) electrons. The van der Waals surface area contributed by atoms with Crippen molar-refractivity contribution in [2.75, 3.05) is 13.2 Å². The Morgan fingerprint density at radius 2 is 2.17 bits per heavy atom. The minimum absolute atomic E-state index is 0.0441. The highest BCUT2D eigenvalue weighted by atomic mass is 16.5. The van der Waals surface area contributed by atoms with E-state index < -0.39 is 0 Å². The van der Waals surface area contributed by atoms with Crippen molar-refractivity contribution < 1.29 is 14.1 Å². The van der Waals surface area contributed by atoms with Gasteiger partial charge in [0.2, 0.25) is 5.91 Å². The van der Waals surface area contributed by atoms with Crippen LogP contribution in [0.4, 0.5) is 0 Å². The third kappa shape index (κ3) is 3.55. The molecule has 0 aliphatic carbocycles. The second-order valence-corrected chi connectivity index (χ2v) is 5.86. The highest BCUT2D eigenvalue weighted by Gasteiger charge is 2.31. The average molecular weight is 314 g/mol. The SMILES string of the molecule is CCOc1ccc(CC(=O)N2CCC[C@@H]2c2cc(C)on2)cc1. The summed E-state index contributed by atoms with van der Waals surface area (Å²) in [6.07, 6.45) is 2.35. The number of benzene rings is 1. The minimum atomic E-state index is 0.0441. The molecule has 1 saturated heterocycles. The van der Waals surface area contributed by atoms with E-state index in [2.05, 4.69) is 5.16 Å². The maximum Gasteiger partial charge on any atom is 0.227 e. The number of aromatic nitrogens is 1. The monoisotopic (exact) mass is 314 g/mol. The van der Waals surface area contributed by atoms with Crippen LogP contribution in [0.3, 0.4) is 0 Å². The van der Waals surface area contributed by atoms with Crippen molar-refractivity contribution in [1.29, 1.82) is 0 Å². The Bertz CT molecular complexity index is 663. The molecule has 5 heteroatoms. The van der Waals surface area contributed by atoms with Gasteiger partial charge in [-0.25, -0.2) is 0 Å². The minimum Gasteiger partial charge on any atom is -0.494 e. The van der Waals surface area contributed by atoms with Crippen LogP contribution in [0.2, 0.25) is 0 Å². The first-order valence-corrected chi connectivity index (χ1v) is 8.12. The molecule has 5 nitrogen and oxygen atoms in total. The van der Waals surface area contributed by atoms with Crippen molar-refractivity contribution in [2.45, 2.75) is 39.2 Å². The van der Waals surface area contributed by atoms with Crippen molar-refractivity contribution in [1.82, 2.24) is 10.1 Å². The predicted molar refractivity (Wildman–Crippen MR) is 86.2 cm³/mol. The molecule has 1 amide bonds. The van der Waals surface area contributed by atoms with Crippen LogP contribution in [0.1, 0.15) is 42.8 Å². The van der Waals surface area contributed by atoms with Crippen LogP contribution in [0.25, 0.3) is 0 Å². The Kier molecular flexibility index (Phi) is 4.65. The number of nitrogens with zero attached hydrogens (tertiary/aromatic N) is 2. The number of carbonyl (C=O) groups is 1. The molecule has 0 saturated carbocycles. The number of aryl methyl sites for hydroxylation is 1. The molecule has 23 heavy (non-hydrogen) atoms. The van der Waals surface area contributed by atoms with Crippen molar-refractivity contribution >= 4 is 5.91 Å². The van der Waals surface area contributed by atoms with Crippen LogP contribution >= 0.6 is 0 Å². The lowest BCUT2D eigenvalue weighted by atomic mass is 10.1. The van der Waals surface area contributed by atoms with E-state index in [1.165, 1.54) is 0 Å². The van der Waals surface area contributed by atoms with Gasteiger partial charge < -0.3 is 14.2 Å². The van der Waals surface area contributed by atoms with E-state index in [0.717, 1.165) is 42.2 Å². The molecule has 122 valence electrons. The quantitative estimate of drug-likeness (QED) is 0.850. The number of likely N-dealkylation sites (tertiary alicyclic amines) is 1. The normalized spacial score (nSPS) is 17.5. The molecule has 1 atom stereocenters. The molecule has 3 rings (SSSR count). The highest BCUT2D eigenvalue weighted by molar-refractivity contribution is 5.79. The van der Waals surface area contributed by atoms with Crippen molar-refractivity contribution in [2.24, 2.45) is 0 Å². The smallest absolute Gasteiger partial charge is 0.227 e. The summed E-state index contributed by atoms with van der Waals surface area (Å²) in [5.41, 5.74) is 1.86. The molecule has 0 unspecified atom stereocenters. The summed E-state index contributed by atoms with van der Waals surface area (Å²) in [5, 5.41) is 4.08. The molecule has 0 N–H and O–H groups in total. The molecule has 1 fully saturated rings. The van der Waals surface area contributed by atoms with Crippen LogP contribution in [0.15, 0.2) is 34.9 Å². The van der Waals surface area contributed by atoms with Crippen LogP contribution in [0.5, 0.6) is 5.75 Å². The zero-order valence-corrected chi connectivity index (χ0v) is 13.6. The molecule has 2 heterocycles. The summed E-state index contributed by atoms with van der Waals surface area (Å²) in [5.74, 6) is 1.75. The molecular weight excluding hydrogens is 292 g/mol. The molecule has 0 bridgehead atoms. The fourth-order valence-electron chi connectivity index (χ4n) is 3.06. The summed E-state index contributed by atoms with van der Waals surface area (Å²) in [6, 6.07) is 9.70. The van der Waals surface area contributed by atoms with Crippen molar-refractivity contribution in [3.05, 3.63) is 47.3 Å². The lowest BCUT2D eigenvalue weighted by molar-refractivity contribution is -0.131. The zero-order chi connectivity index (χ0) is 16.2. The average Bonchev–Trinajstić information content (AvgIpc) is 3.18. The Morgan fingerprint density at radius 3 is 2.83 bits per heavy atom. The fourth-order valence-corrected chi connectivity index (χ4v) is 3.06. The largest absolute Gasteiger partial charge is 0.494 e. The van der Waals surface area contributed by atoms with E-state index in [1.54, 1.807) is 0 Å². The first-order valence-electron chi connectivity index (χ1n) is 8.12. The number of hydrogen-bond acceptors (Lipinski definition) is 4. The third-order valence-electron chi connectivity index (χ3n) is 4.15. The number of rotatable bonds is 5. The van der Waals surface area contributed by atoms with Crippen molar-refractivity contribution in [3.8, 4) is 5.75 Å². The summed E-state index contributed by atoms with van der Waals surface area (Å²) in [7, 11) is 0. The summed E-state index contributed by atoms with van der Waals surface area (Å²) in [6.45, 7) is 5.26. The van der Waals surface area contributed by atoms with Gasteiger partial charge >= 0.3 is 0 Å². The molecule has 1 aromatic heterocycles. The van der Waals surface area contributed by atoms with E-state index in [-0.39, 0.29) is 11.9 Å². The van der Waals surface area contributed by atoms with E-state index in [4.69, 9.17) is 9.26 Å². The Hall–Kier alpha value is -2.30. The van der Waals surface area contributed by atoms with Gasteiger partial charge in [-0.2, -0.15) is 0 Å². The van der Waals surface area contributed by atoms with Gasteiger partial charge in [-0.05, 0) is 44.4 Å². The number of ether oxygens (including phenoxy) is 1. The Balaban J connectivity index is 1.67. The lowest BCUT2D eigenvalue weighted by Gasteiger charge is -2.23. The molecule has 1 aliphatic heterocycles. The Labute approximate surface area is 136 Å². The number of carbonyl (C=O) groups excluding carboxylic acids is 1. The van der Waals surface area contributed by atoms with Gasteiger partial charge in [-0.15, -0.1) is 0 Å². The summed E-state index contributed by atoms with van der Waals surface area (Å²) in [4.78, 5) is 14.6. The van der Waals surface area contributed by atoms with Gasteiger partial charge in [0.1, 0.15) is 17.2 Å². The number of amides is 1. The summed E-state index contributed by atoms with van der Waals surface area (Å²) < 4.78 is 10.6. The predicted octanol–water partition coefficient (Wildman–Crippen LogP) is 3.29. The first kappa shape index (κ1) is 15.6. The first-order chi connectivity index (χ1) is 11.2. The maximum atomic E-state index is 12.7. The molecule has 1 aliphatic rings. The van der Waals surface area contributed by atoms with E-state index >= 15 is 0 Å². The molecule has 2 aromatic rings. The third-order valence-corrected chi connectivity index (χ3v) is 4.15. The number of hydrogen-bond donors (Lipinski definition) is 0. The van der Waals surface area contributed by atoms with Crippen LogP contribution in [-0.2, 0) is 11.2 Å². The highest BCUT2D eigenvalue weighted by Crippen LogP contribution is 2.32. The zero-order valence-electron chi connectivity index (χ0n) is 13.6. The van der Waals surface area contributed by atoms with E-state index in [0.29, 0.717) is 13.0 Å². The van der Waals surface area contributed by atoms with Gasteiger partial charge in [0, 0.05) is 12.6 Å². The Morgan fingerprint density at radius 1 is 1.39 bits per heavy atom. The van der Waals surface area contributed by atoms with E-state index in [9.17, 15) is 4.79 Å². The second-order valence-electron chi connectivity index (χ2n) is 5.86. The van der Waals surface area contributed by atoms with Gasteiger partial charge in [-0.3, -0.25) is 4.79 Å². The standard InChI is InChI=1S/C18H22N2O3/c1-3-22-15-8-6-14(7-9-15)12-18(21)20-10-4-5-17(20)16-11-13(2)23-19-16/h6-9,11,17H,3-5,10,12H2,1-2H3/t17-/m1/s1. The van der Waals surface area contributed by atoms with Crippen molar-refractivity contribution in [3.63, 3.8) is 0 Å². The second kappa shape index (κ2) is 6.86. The molecule has 1 aromatic carbocycles. The fraction of sp³-hybridized carbons (Fsp3) is 0.444. The van der Waals surface area contributed by atoms with Gasteiger partial charge in [0.15, 0.2) is 0 Å². The maximum absolute atomic E-state index is 12.7. The van der Waals surface area contributed by atoms with Gasteiger partial charge in [-0.1, -0.05) is 17.3 Å².